The lowest BCUT2D eigenvalue weighted by Gasteiger charge is -2.23. The van der Waals surface area contributed by atoms with Crippen LogP contribution in [0.1, 0.15) is 12.5 Å². The molecule has 0 aliphatic heterocycles. The summed E-state index contributed by atoms with van der Waals surface area (Å²) in [4.78, 5) is 11.9. The Morgan fingerprint density at radius 1 is 1.26 bits per heavy atom. The van der Waals surface area contributed by atoms with Gasteiger partial charge < -0.3 is 20.5 Å². The fourth-order valence-electron chi connectivity index (χ4n) is 1.86. The van der Waals surface area contributed by atoms with Crippen molar-refractivity contribution in [2.24, 2.45) is 5.73 Å². The molecule has 0 spiro atoms. The third-order valence-corrected chi connectivity index (χ3v) is 2.88. The van der Waals surface area contributed by atoms with Crippen molar-refractivity contribution in [3.63, 3.8) is 0 Å². The average Bonchev–Trinajstić information content (AvgIpc) is 2.41. The van der Waals surface area contributed by atoms with Gasteiger partial charge >= 0.3 is 0 Å². The summed E-state index contributed by atoms with van der Waals surface area (Å²) in [5, 5.41) is 2.79. The van der Waals surface area contributed by atoms with Crippen LogP contribution in [0.5, 0.6) is 0 Å². The van der Waals surface area contributed by atoms with Gasteiger partial charge in [0, 0.05) is 14.2 Å². The van der Waals surface area contributed by atoms with Crippen molar-refractivity contribution in [1.82, 2.24) is 5.32 Å². The Hall–Kier alpha value is -1.43. The van der Waals surface area contributed by atoms with Crippen molar-refractivity contribution in [1.29, 1.82) is 0 Å². The van der Waals surface area contributed by atoms with E-state index in [4.69, 9.17) is 15.2 Å². The number of nitrogens with one attached hydrogen (secondary N) is 1. The van der Waals surface area contributed by atoms with Gasteiger partial charge in [-0.3, -0.25) is 4.79 Å². The minimum atomic E-state index is -0.584. The number of hydrogen-bond acceptors (Lipinski definition) is 4. The molecule has 0 bridgehead atoms. The number of carbonyl (C=O) groups is 1. The molecule has 0 saturated carbocycles. The second kappa shape index (κ2) is 7.89. The van der Waals surface area contributed by atoms with E-state index in [0.29, 0.717) is 6.42 Å². The molecular weight excluding hydrogens is 244 g/mol. The molecule has 0 aliphatic carbocycles. The van der Waals surface area contributed by atoms with Crippen LogP contribution in [0.2, 0.25) is 0 Å². The normalized spacial score (nSPS) is 14.2. The van der Waals surface area contributed by atoms with E-state index in [2.05, 4.69) is 5.32 Å². The van der Waals surface area contributed by atoms with E-state index >= 15 is 0 Å². The van der Waals surface area contributed by atoms with Crippen molar-refractivity contribution in [2.75, 3.05) is 14.2 Å². The molecule has 106 valence electrons. The first-order valence-electron chi connectivity index (χ1n) is 6.24. The lowest BCUT2D eigenvalue weighted by atomic mass is 10.1. The second-order valence-corrected chi connectivity index (χ2v) is 4.43. The zero-order chi connectivity index (χ0) is 14.3. The quantitative estimate of drug-likeness (QED) is 0.712. The van der Waals surface area contributed by atoms with E-state index < -0.39 is 12.3 Å². The summed E-state index contributed by atoms with van der Waals surface area (Å²) in [5.41, 5.74) is 6.92. The third-order valence-electron chi connectivity index (χ3n) is 2.88. The average molecular weight is 266 g/mol. The standard InChI is InChI=1S/C14H22N2O3/c1-10(14(18-2)19-3)16-13(17)12(15)9-11-7-5-4-6-8-11/h4-8,10,12,14H,9,15H2,1-3H3,(H,16,17). The molecule has 1 amide bonds. The molecule has 0 aliphatic rings. The zero-order valence-corrected chi connectivity index (χ0v) is 11.6. The molecular formula is C14H22N2O3. The Balaban J connectivity index is 2.49. The molecule has 5 heteroatoms. The van der Waals surface area contributed by atoms with Crippen LogP contribution in [-0.4, -0.2) is 38.5 Å². The van der Waals surface area contributed by atoms with Gasteiger partial charge in [0.15, 0.2) is 6.29 Å². The van der Waals surface area contributed by atoms with E-state index in [9.17, 15) is 4.79 Å². The van der Waals surface area contributed by atoms with Gasteiger partial charge in [-0.1, -0.05) is 30.3 Å². The van der Waals surface area contributed by atoms with Gasteiger partial charge in [0.05, 0.1) is 12.1 Å². The summed E-state index contributed by atoms with van der Waals surface area (Å²) in [7, 11) is 3.06. The summed E-state index contributed by atoms with van der Waals surface area (Å²) in [6.45, 7) is 1.81. The smallest absolute Gasteiger partial charge is 0.237 e. The highest BCUT2D eigenvalue weighted by atomic mass is 16.7. The van der Waals surface area contributed by atoms with Crippen LogP contribution < -0.4 is 11.1 Å². The number of methoxy groups -OCH3 is 2. The third kappa shape index (κ3) is 4.98. The first-order chi connectivity index (χ1) is 9.08. The number of hydrogen-bond donors (Lipinski definition) is 2. The predicted molar refractivity (Wildman–Crippen MR) is 73.5 cm³/mol. The minimum Gasteiger partial charge on any atom is -0.354 e. The summed E-state index contributed by atoms with van der Waals surface area (Å²) >= 11 is 0. The van der Waals surface area contributed by atoms with E-state index in [-0.39, 0.29) is 11.9 Å². The van der Waals surface area contributed by atoms with Gasteiger partial charge in [-0.05, 0) is 18.9 Å². The largest absolute Gasteiger partial charge is 0.354 e. The Labute approximate surface area is 114 Å². The lowest BCUT2D eigenvalue weighted by molar-refractivity contribution is -0.136. The van der Waals surface area contributed by atoms with Crippen LogP contribution in [0, 0.1) is 0 Å². The van der Waals surface area contributed by atoms with Crippen molar-refractivity contribution < 1.29 is 14.3 Å². The molecule has 19 heavy (non-hydrogen) atoms. The first kappa shape index (κ1) is 15.6. The SMILES string of the molecule is COC(OC)C(C)NC(=O)C(N)Cc1ccccc1. The van der Waals surface area contributed by atoms with Gasteiger partial charge in [-0.2, -0.15) is 0 Å². The van der Waals surface area contributed by atoms with Crippen LogP contribution in [0.4, 0.5) is 0 Å². The van der Waals surface area contributed by atoms with E-state index in [0.717, 1.165) is 5.56 Å². The van der Waals surface area contributed by atoms with E-state index in [1.54, 1.807) is 0 Å². The fraction of sp³-hybridized carbons (Fsp3) is 0.500. The predicted octanol–water partition coefficient (Wildman–Crippen LogP) is 0.680. The van der Waals surface area contributed by atoms with Gasteiger partial charge in [-0.15, -0.1) is 0 Å². The minimum absolute atomic E-state index is 0.213. The van der Waals surface area contributed by atoms with Crippen LogP contribution in [0.25, 0.3) is 0 Å². The molecule has 1 rings (SSSR count). The molecule has 2 atom stereocenters. The highest BCUT2D eigenvalue weighted by Crippen LogP contribution is 2.03. The monoisotopic (exact) mass is 266 g/mol. The second-order valence-electron chi connectivity index (χ2n) is 4.43. The number of amides is 1. The molecule has 0 saturated heterocycles. The number of ether oxygens (including phenoxy) is 2. The van der Waals surface area contributed by atoms with Crippen molar-refractivity contribution in [3.05, 3.63) is 35.9 Å². The molecule has 1 aromatic rings. The topological polar surface area (TPSA) is 73.6 Å². The van der Waals surface area contributed by atoms with Crippen molar-refractivity contribution in [3.8, 4) is 0 Å². The maximum Gasteiger partial charge on any atom is 0.237 e. The molecule has 5 nitrogen and oxygen atoms in total. The van der Waals surface area contributed by atoms with Crippen molar-refractivity contribution in [2.45, 2.75) is 31.7 Å². The molecule has 1 aromatic carbocycles. The summed E-state index contributed by atoms with van der Waals surface area (Å²) in [6.07, 6.45) is 0.0252. The van der Waals surface area contributed by atoms with Crippen LogP contribution >= 0.6 is 0 Å². The Kier molecular flexibility index (Phi) is 6.49. The lowest BCUT2D eigenvalue weighted by Crippen LogP contribution is -2.50. The molecule has 0 aromatic heterocycles. The van der Waals surface area contributed by atoms with Gasteiger partial charge in [0.2, 0.25) is 5.91 Å². The number of benzene rings is 1. The highest BCUT2D eigenvalue weighted by molar-refractivity contribution is 5.82. The summed E-state index contributed by atoms with van der Waals surface area (Å²) < 4.78 is 10.2. The van der Waals surface area contributed by atoms with E-state index in [1.807, 2.05) is 37.3 Å². The van der Waals surface area contributed by atoms with E-state index in [1.165, 1.54) is 14.2 Å². The summed E-state index contributed by atoms with van der Waals surface area (Å²) in [5.74, 6) is -0.213. The van der Waals surface area contributed by atoms with Crippen LogP contribution in [-0.2, 0) is 20.7 Å². The van der Waals surface area contributed by atoms with Crippen LogP contribution in [0.3, 0.4) is 0 Å². The Morgan fingerprint density at radius 3 is 2.37 bits per heavy atom. The number of carbonyl (C=O) groups excluding carboxylic acids is 1. The molecule has 2 unspecified atom stereocenters. The Bertz CT molecular complexity index is 380. The molecule has 0 fully saturated rings. The highest BCUT2D eigenvalue weighted by Gasteiger charge is 2.21. The first-order valence-corrected chi connectivity index (χ1v) is 6.24. The van der Waals surface area contributed by atoms with Gasteiger partial charge in [-0.25, -0.2) is 0 Å². The fourth-order valence-corrected chi connectivity index (χ4v) is 1.86. The molecule has 0 radical (unpaired) electrons. The number of rotatable bonds is 7. The molecule has 0 heterocycles. The maximum atomic E-state index is 11.9. The maximum absolute atomic E-state index is 11.9. The van der Waals surface area contributed by atoms with Gasteiger partial charge in [0.25, 0.3) is 0 Å². The zero-order valence-electron chi connectivity index (χ0n) is 11.6. The number of nitrogens with two attached hydrogens (primary N) is 1. The van der Waals surface area contributed by atoms with Gasteiger partial charge in [0.1, 0.15) is 0 Å². The van der Waals surface area contributed by atoms with Crippen LogP contribution in [0.15, 0.2) is 30.3 Å². The summed E-state index contributed by atoms with van der Waals surface area (Å²) in [6, 6.07) is 8.83. The molecule has 3 N–H and O–H groups in total. The van der Waals surface area contributed by atoms with Crippen molar-refractivity contribution >= 4 is 5.91 Å². The Morgan fingerprint density at radius 2 is 1.84 bits per heavy atom.